The number of anilines is 2. The summed E-state index contributed by atoms with van der Waals surface area (Å²) in [6.45, 7) is 1.25. The zero-order chi connectivity index (χ0) is 20.3. The van der Waals surface area contributed by atoms with Gasteiger partial charge in [0.15, 0.2) is 6.61 Å². The summed E-state index contributed by atoms with van der Waals surface area (Å²) in [6, 6.07) is 11.6. The number of nitrogens with zero attached hydrogens (tertiary/aromatic N) is 2. The molecule has 7 nitrogen and oxygen atoms in total. The zero-order valence-electron chi connectivity index (χ0n) is 14.8. The molecule has 3 N–H and O–H groups in total. The van der Waals surface area contributed by atoms with E-state index in [1.807, 2.05) is 0 Å². The number of carbonyl (C=O) groups is 2. The first-order valence-electron chi connectivity index (χ1n) is 8.18. The van der Waals surface area contributed by atoms with E-state index in [4.69, 9.17) is 22.1 Å². The highest BCUT2D eigenvalue weighted by molar-refractivity contribution is 6.33. The third-order valence-corrected chi connectivity index (χ3v) is 4.08. The molecule has 1 amide bonds. The first-order chi connectivity index (χ1) is 13.3. The molecule has 3 rings (SSSR count). The Hall–Kier alpha value is -3.39. The lowest BCUT2D eigenvalue weighted by Gasteiger charge is -2.10. The van der Waals surface area contributed by atoms with Crippen LogP contribution in [0.5, 0.6) is 0 Å². The highest BCUT2D eigenvalue weighted by Gasteiger charge is 2.14. The van der Waals surface area contributed by atoms with E-state index in [9.17, 15) is 14.0 Å². The highest BCUT2D eigenvalue weighted by atomic mass is 35.5. The molecule has 144 valence electrons. The van der Waals surface area contributed by atoms with Gasteiger partial charge in [-0.25, -0.2) is 13.9 Å². The van der Waals surface area contributed by atoms with Crippen LogP contribution in [0.2, 0.25) is 5.02 Å². The van der Waals surface area contributed by atoms with Gasteiger partial charge in [0, 0.05) is 6.07 Å². The number of ether oxygens (including phenoxy) is 1. The van der Waals surface area contributed by atoms with Crippen molar-refractivity contribution < 1.29 is 18.7 Å². The van der Waals surface area contributed by atoms with E-state index in [1.54, 1.807) is 13.0 Å². The van der Waals surface area contributed by atoms with Gasteiger partial charge in [-0.15, -0.1) is 0 Å². The Kier molecular flexibility index (Phi) is 5.60. The van der Waals surface area contributed by atoms with Crippen LogP contribution in [-0.4, -0.2) is 28.3 Å². The first-order valence-corrected chi connectivity index (χ1v) is 8.56. The quantitative estimate of drug-likeness (QED) is 0.503. The van der Waals surface area contributed by atoms with Crippen molar-refractivity contribution in [3.63, 3.8) is 0 Å². The standard InChI is InChI=1S/C19H16ClFN4O3/c1-11-8-17(25(24-11)14-5-3-13(21)4-6-14)23-18(26)10-28-19(27)12-2-7-15(20)16(22)9-12/h2-9H,10,22H2,1H3,(H,23,26). The molecule has 0 saturated carbocycles. The second kappa shape index (κ2) is 8.10. The molecule has 3 aromatic rings. The molecule has 0 saturated heterocycles. The van der Waals surface area contributed by atoms with E-state index in [1.165, 1.54) is 47.1 Å². The van der Waals surface area contributed by atoms with Crippen LogP contribution in [0.1, 0.15) is 16.1 Å². The van der Waals surface area contributed by atoms with Gasteiger partial charge in [0.05, 0.1) is 27.7 Å². The fraction of sp³-hybridized carbons (Fsp3) is 0.105. The second-order valence-electron chi connectivity index (χ2n) is 5.92. The van der Waals surface area contributed by atoms with Crippen LogP contribution in [-0.2, 0) is 9.53 Å². The minimum Gasteiger partial charge on any atom is -0.452 e. The number of carbonyl (C=O) groups excluding carboxylic acids is 2. The van der Waals surface area contributed by atoms with Crippen molar-refractivity contribution in [3.05, 3.63) is 70.6 Å². The lowest BCUT2D eigenvalue weighted by atomic mass is 10.2. The van der Waals surface area contributed by atoms with Gasteiger partial charge in [0.2, 0.25) is 0 Å². The van der Waals surface area contributed by atoms with E-state index in [-0.39, 0.29) is 17.1 Å². The number of hydrogen-bond acceptors (Lipinski definition) is 5. The molecule has 2 aromatic carbocycles. The molecular weight excluding hydrogens is 387 g/mol. The fourth-order valence-corrected chi connectivity index (χ4v) is 2.55. The average molecular weight is 403 g/mol. The van der Waals surface area contributed by atoms with Crippen LogP contribution in [0.25, 0.3) is 5.69 Å². The molecule has 1 aromatic heterocycles. The number of esters is 1. The fourth-order valence-electron chi connectivity index (χ4n) is 2.43. The summed E-state index contributed by atoms with van der Waals surface area (Å²) in [5.74, 6) is -1.28. The van der Waals surface area contributed by atoms with Gasteiger partial charge in [-0.2, -0.15) is 5.10 Å². The van der Waals surface area contributed by atoms with Crippen molar-refractivity contribution in [3.8, 4) is 5.69 Å². The minimum atomic E-state index is -0.707. The van der Waals surface area contributed by atoms with E-state index < -0.39 is 18.5 Å². The van der Waals surface area contributed by atoms with Gasteiger partial charge >= 0.3 is 5.97 Å². The molecule has 28 heavy (non-hydrogen) atoms. The molecule has 0 fully saturated rings. The number of nitrogens with two attached hydrogens (primary N) is 1. The van der Waals surface area contributed by atoms with Crippen LogP contribution < -0.4 is 11.1 Å². The number of nitrogen functional groups attached to an aromatic ring is 1. The van der Waals surface area contributed by atoms with E-state index in [2.05, 4.69) is 10.4 Å². The van der Waals surface area contributed by atoms with E-state index >= 15 is 0 Å². The molecule has 0 bridgehead atoms. The van der Waals surface area contributed by atoms with Crippen molar-refractivity contribution in [2.45, 2.75) is 6.92 Å². The Morgan fingerprint density at radius 2 is 1.93 bits per heavy atom. The second-order valence-corrected chi connectivity index (χ2v) is 6.33. The average Bonchev–Trinajstić information content (AvgIpc) is 3.02. The maximum atomic E-state index is 13.1. The Balaban J connectivity index is 1.66. The van der Waals surface area contributed by atoms with Crippen molar-refractivity contribution in [2.24, 2.45) is 0 Å². The number of amides is 1. The molecule has 9 heteroatoms. The van der Waals surface area contributed by atoms with Crippen molar-refractivity contribution in [2.75, 3.05) is 17.7 Å². The Morgan fingerprint density at radius 3 is 2.61 bits per heavy atom. The topological polar surface area (TPSA) is 99.2 Å². The predicted octanol–water partition coefficient (Wildman–Crippen LogP) is 3.35. The van der Waals surface area contributed by atoms with Gasteiger partial charge in [-0.05, 0) is 49.4 Å². The van der Waals surface area contributed by atoms with Crippen molar-refractivity contribution >= 4 is 35.0 Å². The lowest BCUT2D eigenvalue weighted by molar-refractivity contribution is -0.119. The summed E-state index contributed by atoms with van der Waals surface area (Å²) in [5.41, 5.74) is 7.28. The lowest BCUT2D eigenvalue weighted by Crippen LogP contribution is -2.22. The summed E-state index contributed by atoms with van der Waals surface area (Å²) < 4.78 is 19.6. The Bertz CT molecular complexity index is 1030. The van der Waals surface area contributed by atoms with Crippen LogP contribution in [0, 0.1) is 12.7 Å². The molecular formula is C19H16ClFN4O3. The number of nitrogens with one attached hydrogen (secondary N) is 1. The van der Waals surface area contributed by atoms with Gasteiger partial charge in [-0.1, -0.05) is 11.6 Å². The smallest absolute Gasteiger partial charge is 0.338 e. The molecule has 0 aliphatic carbocycles. The molecule has 0 unspecified atom stereocenters. The van der Waals surface area contributed by atoms with Crippen molar-refractivity contribution in [1.82, 2.24) is 9.78 Å². The summed E-state index contributed by atoms with van der Waals surface area (Å²) in [5, 5.41) is 7.20. The third-order valence-electron chi connectivity index (χ3n) is 3.74. The number of rotatable bonds is 5. The number of hydrogen-bond donors (Lipinski definition) is 2. The number of halogens is 2. The van der Waals surface area contributed by atoms with Crippen LogP contribution in [0.3, 0.4) is 0 Å². The highest BCUT2D eigenvalue weighted by Crippen LogP contribution is 2.20. The summed E-state index contributed by atoms with van der Waals surface area (Å²) >= 11 is 5.81. The third kappa shape index (κ3) is 4.47. The number of benzene rings is 2. The first kappa shape index (κ1) is 19.4. The Labute approximate surface area is 164 Å². The maximum absolute atomic E-state index is 13.1. The molecule has 0 spiro atoms. The van der Waals surface area contributed by atoms with Gasteiger partial charge in [0.25, 0.3) is 5.91 Å². The summed E-state index contributed by atoms with van der Waals surface area (Å²) in [6.07, 6.45) is 0. The van der Waals surface area contributed by atoms with E-state index in [0.717, 1.165) is 0 Å². The normalized spacial score (nSPS) is 10.5. The predicted molar refractivity (Wildman–Crippen MR) is 103 cm³/mol. The van der Waals surface area contributed by atoms with Gasteiger partial charge in [-0.3, -0.25) is 4.79 Å². The number of aromatic nitrogens is 2. The van der Waals surface area contributed by atoms with Crippen molar-refractivity contribution in [1.29, 1.82) is 0 Å². The molecule has 1 heterocycles. The SMILES string of the molecule is Cc1cc(NC(=O)COC(=O)c2ccc(Cl)c(N)c2)n(-c2ccc(F)cc2)n1. The molecule has 0 aliphatic heterocycles. The summed E-state index contributed by atoms with van der Waals surface area (Å²) in [7, 11) is 0. The number of aryl methyl sites for hydroxylation is 1. The Morgan fingerprint density at radius 1 is 1.21 bits per heavy atom. The minimum absolute atomic E-state index is 0.182. The zero-order valence-corrected chi connectivity index (χ0v) is 15.5. The maximum Gasteiger partial charge on any atom is 0.338 e. The monoisotopic (exact) mass is 402 g/mol. The van der Waals surface area contributed by atoms with Crippen LogP contribution in [0.4, 0.5) is 15.9 Å². The van der Waals surface area contributed by atoms with E-state index in [0.29, 0.717) is 22.2 Å². The molecule has 0 atom stereocenters. The van der Waals surface area contributed by atoms with Gasteiger partial charge < -0.3 is 15.8 Å². The van der Waals surface area contributed by atoms with Crippen LogP contribution in [0.15, 0.2) is 48.5 Å². The largest absolute Gasteiger partial charge is 0.452 e. The molecule has 0 aliphatic rings. The van der Waals surface area contributed by atoms with Gasteiger partial charge in [0.1, 0.15) is 11.6 Å². The van der Waals surface area contributed by atoms with Crippen LogP contribution >= 0.6 is 11.6 Å². The summed E-state index contributed by atoms with van der Waals surface area (Å²) in [4.78, 5) is 24.2. The molecule has 0 radical (unpaired) electrons.